The lowest BCUT2D eigenvalue weighted by molar-refractivity contribution is -0.120. The lowest BCUT2D eigenvalue weighted by Crippen LogP contribution is -2.32. The molecule has 1 aliphatic rings. The summed E-state index contributed by atoms with van der Waals surface area (Å²) < 4.78 is 5.49. The van der Waals surface area contributed by atoms with E-state index in [4.69, 9.17) is 16.3 Å². The van der Waals surface area contributed by atoms with Gasteiger partial charge in [0.05, 0.1) is 18.4 Å². The van der Waals surface area contributed by atoms with Crippen molar-refractivity contribution in [1.29, 1.82) is 0 Å². The van der Waals surface area contributed by atoms with Crippen LogP contribution in [0.4, 0.5) is 17.1 Å². The fourth-order valence-electron chi connectivity index (χ4n) is 3.70. The van der Waals surface area contributed by atoms with E-state index in [1.807, 2.05) is 56.3 Å². The van der Waals surface area contributed by atoms with Gasteiger partial charge in [0, 0.05) is 36.1 Å². The third kappa shape index (κ3) is 4.17. The Labute approximate surface area is 198 Å². The van der Waals surface area contributed by atoms with Crippen molar-refractivity contribution >= 4 is 46.1 Å². The molecule has 7 heteroatoms. The first-order valence-corrected chi connectivity index (χ1v) is 10.8. The highest BCUT2D eigenvalue weighted by Gasteiger charge is 2.41. The molecule has 0 saturated heterocycles. The number of halogens is 1. The van der Waals surface area contributed by atoms with Gasteiger partial charge in [-0.1, -0.05) is 35.9 Å². The number of ether oxygens (including phenoxy) is 1. The standard InChI is InChI=1S/C26H24ClN3O3/c1-16-9-10-17(15-21(16)27)28-24-23(20-7-5-6-8-22(20)33-4)25(31)30(26(24)32)19-13-11-18(12-14-19)29(2)3/h5-15,28H,1-4H3. The van der Waals surface area contributed by atoms with Crippen LogP contribution in [0.1, 0.15) is 11.1 Å². The molecule has 0 unspecified atom stereocenters. The Morgan fingerprint density at radius 3 is 2.27 bits per heavy atom. The second kappa shape index (κ2) is 9.00. The number of anilines is 3. The van der Waals surface area contributed by atoms with E-state index in [1.165, 1.54) is 12.0 Å². The molecular formula is C26H24ClN3O3. The SMILES string of the molecule is COc1ccccc1C1=C(Nc2ccc(C)c(Cl)c2)C(=O)N(c2ccc(N(C)C)cc2)C1=O. The Morgan fingerprint density at radius 1 is 0.939 bits per heavy atom. The minimum Gasteiger partial charge on any atom is -0.496 e. The minimum atomic E-state index is -0.449. The number of imide groups is 1. The normalized spacial score (nSPS) is 13.5. The highest BCUT2D eigenvalue weighted by Crippen LogP contribution is 2.38. The molecule has 1 heterocycles. The first-order valence-electron chi connectivity index (χ1n) is 10.4. The van der Waals surface area contributed by atoms with Crippen LogP contribution in [0, 0.1) is 6.92 Å². The number of para-hydroxylation sites is 1. The second-order valence-corrected chi connectivity index (χ2v) is 8.30. The summed E-state index contributed by atoms with van der Waals surface area (Å²) >= 11 is 6.29. The van der Waals surface area contributed by atoms with Crippen LogP contribution >= 0.6 is 11.6 Å². The summed E-state index contributed by atoms with van der Waals surface area (Å²) in [7, 11) is 5.39. The van der Waals surface area contributed by atoms with Crippen LogP contribution < -0.4 is 19.9 Å². The highest BCUT2D eigenvalue weighted by atomic mass is 35.5. The van der Waals surface area contributed by atoms with Crippen molar-refractivity contribution < 1.29 is 14.3 Å². The van der Waals surface area contributed by atoms with Crippen molar-refractivity contribution in [2.24, 2.45) is 0 Å². The third-order valence-electron chi connectivity index (χ3n) is 5.53. The van der Waals surface area contributed by atoms with E-state index in [9.17, 15) is 9.59 Å². The summed E-state index contributed by atoms with van der Waals surface area (Å²) in [5.41, 5.74) is 3.92. The van der Waals surface area contributed by atoms with Crippen molar-refractivity contribution in [1.82, 2.24) is 0 Å². The fraction of sp³-hybridized carbons (Fsp3) is 0.154. The van der Waals surface area contributed by atoms with E-state index in [2.05, 4.69) is 5.32 Å². The molecule has 2 amide bonds. The molecule has 3 aromatic carbocycles. The van der Waals surface area contributed by atoms with Gasteiger partial charge in [0.25, 0.3) is 11.8 Å². The molecule has 0 saturated carbocycles. The third-order valence-corrected chi connectivity index (χ3v) is 5.93. The molecule has 0 aromatic heterocycles. The van der Waals surface area contributed by atoms with Crippen LogP contribution in [0.3, 0.4) is 0 Å². The van der Waals surface area contributed by atoms with Crippen molar-refractivity contribution in [3.05, 3.63) is 88.6 Å². The molecule has 1 aliphatic heterocycles. The molecule has 6 nitrogen and oxygen atoms in total. The van der Waals surface area contributed by atoms with E-state index in [-0.39, 0.29) is 11.3 Å². The number of rotatable bonds is 6. The van der Waals surface area contributed by atoms with Gasteiger partial charge in [0.1, 0.15) is 11.4 Å². The van der Waals surface area contributed by atoms with Crippen LogP contribution in [0.25, 0.3) is 5.57 Å². The summed E-state index contributed by atoms with van der Waals surface area (Å²) in [6, 6.07) is 19.8. The molecule has 1 N–H and O–H groups in total. The predicted molar refractivity (Wildman–Crippen MR) is 133 cm³/mol. The van der Waals surface area contributed by atoms with Gasteiger partial charge >= 0.3 is 0 Å². The number of benzene rings is 3. The molecule has 0 aliphatic carbocycles. The average Bonchev–Trinajstić information content (AvgIpc) is 3.05. The summed E-state index contributed by atoms with van der Waals surface area (Å²) in [5.74, 6) is -0.377. The number of amides is 2. The summed E-state index contributed by atoms with van der Waals surface area (Å²) in [5, 5.41) is 3.70. The maximum absolute atomic E-state index is 13.6. The maximum Gasteiger partial charge on any atom is 0.282 e. The van der Waals surface area contributed by atoms with E-state index in [0.717, 1.165) is 11.3 Å². The van der Waals surface area contributed by atoms with Gasteiger partial charge in [-0.25, -0.2) is 4.90 Å². The van der Waals surface area contributed by atoms with E-state index < -0.39 is 11.8 Å². The van der Waals surface area contributed by atoms with Gasteiger partial charge in [-0.05, 0) is 55.0 Å². The quantitative estimate of drug-likeness (QED) is 0.516. The van der Waals surface area contributed by atoms with Crippen molar-refractivity contribution in [2.75, 3.05) is 36.3 Å². The highest BCUT2D eigenvalue weighted by molar-refractivity contribution is 6.46. The molecule has 4 rings (SSSR count). The Kier molecular flexibility index (Phi) is 6.11. The molecule has 0 radical (unpaired) electrons. The summed E-state index contributed by atoms with van der Waals surface area (Å²) in [4.78, 5) is 30.3. The number of nitrogens with zero attached hydrogens (tertiary/aromatic N) is 2. The summed E-state index contributed by atoms with van der Waals surface area (Å²) in [6.45, 7) is 1.90. The van der Waals surface area contributed by atoms with Gasteiger partial charge in [0.15, 0.2) is 0 Å². The number of carbonyl (C=O) groups excluding carboxylic acids is 2. The van der Waals surface area contributed by atoms with Crippen LogP contribution in [0.5, 0.6) is 5.75 Å². The number of carbonyl (C=O) groups is 2. The van der Waals surface area contributed by atoms with Crippen LogP contribution in [0.2, 0.25) is 5.02 Å². The first-order chi connectivity index (χ1) is 15.8. The smallest absolute Gasteiger partial charge is 0.282 e. The Morgan fingerprint density at radius 2 is 1.64 bits per heavy atom. The molecule has 0 bridgehead atoms. The number of hydrogen-bond donors (Lipinski definition) is 1. The summed E-state index contributed by atoms with van der Waals surface area (Å²) in [6.07, 6.45) is 0. The van der Waals surface area contributed by atoms with Gasteiger partial charge in [0.2, 0.25) is 0 Å². The number of hydrogen-bond acceptors (Lipinski definition) is 5. The molecular weight excluding hydrogens is 438 g/mol. The zero-order valence-corrected chi connectivity index (χ0v) is 19.6. The topological polar surface area (TPSA) is 61.9 Å². The van der Waals surface area contributed by atoms with E-state index >= 15 is 0 Å². The van der Waals surface area contributed by atoms with Crippen LogP contribution in [0.15, 0.2) is 72.4 Å². The lowest BCUT2D eigenvalue weighted by atomic mass is 10.0. The predicted octanol–water partition coefficient (Wildman–Crippen LogP) is 5.12. The van der Waals surface area contributed by atoms with E-state index in [0.29, 0.717) is 27.7 Å². The maximum atomic E-state index is 13.6. The van der Waals surface area contributed by atoms with Crippen LogP contribution in [-0.2, 0) is 9.59 Å². The van der Waals surface area contributed by atoms with Gasteiger partial charge in [-0.15, -0.1) is 0 Å². The Hall–Kier alpha value is -3.77. The molecule has 0 atom stereocenters. The Balaban J connectivity index is 1.83. The van der Waals surface area contributed by atoms with Crippen molar-refractivity contribution in [3.63, 3.8) is 0 Å². The zero-order chi connectivity index (χ0) is 23.7. The molecule has 0 spiro atoms. The lowest BCUT2D eigenvalue weighted by Gasteiger charge is -2.18. The zero-order valence-electron chi connectivity index (χ0n) is 18.8. The van der Waals surface area contributed by atoms with E-state index in [1.54, 1.807) is 36.4 Å². The first kappa shape index (κ1) is 22.4. The number of nitrogens with one attached hydrogen (secondary N) is 1. The molecule has 33 heavy (non-hydrogen) atoms. The largest absolute Gasteiger partial charge is 0.496 e. The monoisotopic (exact) mass is 461 g/mol. The van der Waals surface area contributed by atoms with Gasteiger partial charge in [-0.3, -0.25) is 9.59 Å². The average molecular weight is 462 g/mol. The van der Waals surface area contributed by atoms with Crippen LogP contribution in [-0.4, -0.2) is 33.0 Å². The van der Waals surface area contributed by atoms with Gasteiger partial charge in [-0.2, -0.15) is 0 Å². The van der Waals surface area contributed by atoms with Crippen molar-refractivity contribution in [3.8, 4) is 5.75 Å². The fourth-order valence-corrected chi connectivity index (χ4v) is 3.88. The number of methoxy groups -OCH3 is 1. The Bertz CT molecular complexity index is 1270. The number of aryl methyl sites for hydroxylation is 1. The minimum absolute atomic E-state index is 0.168. The molecule has 3 aromatic rings. The molecule has 0 fully saturated rings. The second-order valence-electron chi connectivity index (χ2n) is 7.90. The van der Waals surface area contributed by atoms with Crippen molar-refractivity contribution in [2.45, 2.75) is 6.92 Å². The molecule has 168 valence electrons. The van der Waals surface area contributed by atoms with Gasteiger partial charge < -0.3 is 15.0 Å².